The summed E-state index contributed by atoms with van der Waals surface area (Å²) in [6, 6.07) is -0.490. The summed E-state index contributed by atoms with van der Waals surface area (Å²) >= 11 is 1.23. The Labute approximate surface area is 90.4 Å². The van der Waals surface area contributed by atoms with Crippen LogP contribution in [0.4, 0.5) is 5.13 Å². The first-order chi connectivity index (χ1) is 7.22. The number of aliphatic carboxylic acids is 1. The molecular formula is C9H10N2O3S. The van der Waals surface area contributed by atoms with Gasteiger partial charge in [-0.2, -0.15) is 0 Å². The lowest BCUT2D eigenvalue weighted by molar-refractivity contribution is -0.138. The van der Waals surface area contributed by atoms with Crippen molar-refractivity contribution in [2.45, 2.75) is 18.9 Å². The number of thiazole rings is 1. The Kier molecular flexibility index (Phi) is 2.68. The van der Waals surface area contributed by atoms with E-state index in [-0.39, 0.29) is 0 Å². The minimum atomic E-state index is -0.824. The number of carboxylic acid groups (broad SMARTS) is 1. The van der Waals surface area contributed by atoms with Crippen LogP contribution in [0.1, 0.15) is 22.5 Å². The molecule has 1 aliphatic rings. The normalized spacial score (nSPS) is 20.5. The molecule has 0 radical (unpaired) electrons. The number of aldehydes is 1. The largest absolute Gasteiger partial charge is 0.480 e. The maximum Gasteiger partial charge on any atom is 0.326 e. The van der Waals surface area contributed by atoms with Crippen molar-refractivity contribution in [3.63, 3.8) is 0 Å². The van der Waals surface area contributed by atoms with E-state index in [0.29, 0.717) is 23.0 Å². The quantitative estimate of drug-likeness (QED) is 0.779. The van der Waals surface area contributed by atoms with E-state index >= 15 is 0 Å². The number of hydrogen-bond donors (Lipinski definition) is 1. The molecule has 1 aromatic rings. The number of carbonyl (C=O) groups is 2. The van der Waals surface area contributed by atoms with Gasteiger partial charge in [-0.05, 0) is 12.8 Å². The maximum atomic E-state index is 10.9. The number of rotatable bonds is 3. The van der Waals surface area contributed by atoms with Crippen LogP contribution in [0.2, 0.25) is 0 Å². The summed E-state index contributed by atoms with van der Waals surface area (Å²) < 4.78 is 0. The number of nitrogens with zero attached hydrogens (tertiary/aromatic N) is 2. The van der Waals surface area contributed by atoms with Crippen molar-refractivity contribution in [1.82, 2.24) is 4.98 Å². The van der Waals surface area contributed by atoms with Gasteiger partial charge >= 0.3 is 5.97 Å². The Hall–Kier alpha value is -1.43. The molecule has 80 valence electrons. The molecule has 6 heteroatoms. The molecule has 1 unspecified atom stereocenters. The van der Waals surface area contributed by atoms with Gasteiger partial charge in [-0.25, -0.2) is 9.78 Å². The molecule has 1 aliphatic heterocycles. The lowest BCUT2D eigenvalue weighted by atomic mass is 10.2. The van der Waals surface area contributed by atoms with Gasteiger partial charge in [0.15, 0.2) is 11.4 Å². The highest BCUT2D eigenvalue weighted by Crippen LogP contribution is 2.28. The molecule has 1 N–H and O–H groups in total. The molecular weight excluding hydrogens is 216 g/mol. The molecule has 0 saturated carbocycles. The van der Waals surface area contributed by atoms with E-state index in [1.807, 2.05) is 0 Å². The molecule has 0 amide bonds. The van der Waals surface area contributed by atoms with Crippen LogP contribution in [-0.2, 0) is 4.79 Å². The SMILES string of the molecule is O=Cc1cnc(N2CCCC2C(=O)O)s1. The molecule has 0 aromatic carbocycles. The highest BCUT2D eigenvalue weighted by molar-refractivity contribution is 7.17. The van der Waals surface area contributed by atoms with Gasteiger partial charge in [-0.15, -0.1) is 0 Å². The molecule has 0 spiro atoms. The van der Waals surface area contributed by atoms with E-state index in [1.54, 1.807) is 4.90 Å². The van der Waals surface area contributed by atoms with Crippen molar-refractivity contribution < 1.29 is 14.7 Å². The first kappa shape index (κ1) is 10.1. The fourth-order valence-electron chi connectivity index (χ4n) is 1.72. The van der Waals surface area contributed by atoms with Crippen LogP contribution in [0, 0.1) is 0 Å². The van der Waals surface area contributed by atoms with E-state index in [9.17, 15) is 9.59 Å². The van der Waals surface area contributed by atoms with Crippen LogP contribution in [0.5, 0.6) is 0 Å². The van der Waals surface area contributed by atoms with Crippen molar-refractivity contribution in [2.75, 3.05) is 11.4 Å². The van der Waals surface area contributed by atoms with E-state index in [0.717, 1.165) is 12.7 Å². The molecule has 1 atom stereocenters. The van der Waals surface area contributed by atoms with Crippen molar-refractivity contribution in [1.29, 1.82) is 0 Å². The van der Waals surface area contributed by atoms with Gasteiger partial charge in [0.1, 0.15) is 6.04 Å². The topological polar surface area (TPSA) is 70.5 Å². The summed E-state index contributed by atoms with van der Waals surface area (Å²) in [6.07, 6.45) is 3.70. The second-order valence-corrected chi connectivity index (χ2v) is 4.39. The van der Waals surface area contributed by atoms with E-state index < -0.39 is 12.0 Å². The Bertz CT molecular complexity index is 390. The molecule has 1 fully saturated rings. The lowest BCUT2D eigenvalue weighted by Gasteiger charge is -2.19. The van der Waals surface area contributed by atoms with Crippen LogP contribution >= 0.6 is 11.3 Å². The summed E-state index contributed by atoms with van der Waals surface area (Å²) in [5.41, 5.74) is 0. The summed E-state index contributed by atoms with van der Waals surface area (Å²) in [5, 5.41) is 9.60. The molecule has 1 aromatic heterocycles. The van der Waals surface area contributed by atoms with Crippen molar-refractivity contribution >= 4 is 28.7 Å². The fraction of sp³-hybridized carbons (Fsp3) is 0.444. The van der Waals surface area contributed by atoms with Gasteiger partial charge in [0, 0.05) is 6.54 Å². The standard InChI is InChI=1S/C9H10N2O3S/c12-5-6-4-10-9(15-6)11-3-1-2-7(11)8(13)14/h4-5,7H,1-3H2,(H,13,14). The van der Waals surface area contributed by atoms with Crippen molar-refractivity contribution in [3.05, 3.63) is 11.1 Å². The van der Waals surface area contributed by atoms with Gasteiger partial charge in [0.05, 0.1) is 11.1 Å². The number of carboxylic acids is 1. The Morgan fingerprint density at radius 3 is 3.13 bits per heavy atom. The Balaban J connectivity index is 2.22. The monoisotopic (exact) mass is 226 g/mol. The maximum absolute atomic E-state index is 10.9. The van der Waals surface area contributed by atoms with E-state index in [1.165, 1.54) is 17.5 Å². The molecule has 5 nitrogen and oxygen atoms in total. The second-order valence-electron chi connectivity index (χ2n) is 3.35. The van der Waals surface area contributed by atoms with Crippen LogP contribution < -0.4 is 4.90 Å². The number of aromatic nitrogens is 1. The minimum Gasteiger partial charge on any atom is -0.480 e. The van der Waals surface area contributed by atoms with Gasteiger partial charge < -0.3 is 10.0 Å². The first-order valence-electron chi connectivity index (χ1n) is 4.63. The van der Waals surface area contributed by atoms with Gasteiger partial charge in [-0.1, -0.05) is 11.3 Å². The van der Waals surface area contributed by atoms with Crippen molar-refractivity contribution in [3.8, 4) is 0 Å². The van der Waals surface area contributed by atoms with E-state index in [2.05, 4.69) is 4.98 Å². The summed E-state index contributed by atoms with van der Waals surface area (Å²) in [7, 11) is 0. The minimum absolute atomic E-state index is 0.490. The van der Waals surface area contributed by atoms with Crippen LogP contribution in [-0.4, -0.2) is 34.9 Å². The molecule has 0 bridgehead atoms. The summed E-state index contributed by atoms with van der Waals surface area (Å²) in [4.78, 5) is 27.7. The molecule has 15 heavy (non-hydrogen) atoms. The Morgan fingerprint density at radius 1 is 1.73 bits per heavy atom. The van der Waals surface area contributed by atoms with E-state index in [4.69, 9.17) is 5.11 Å². The third kappa shape index (κ3) is 1.85. The number of carbonyl (C=O) groups excluding carboxylic acids is 1. The number of anilines is 1. The van der Waals surface area contributed by atoms with Crippen molar-refractivity contribution in [2.24, 2.45) is 0 Å². The Morgan fingerprint density at radius 2 is 2.53 bits per heavy atom. The zero-order valence-corrected chi connectivity index (χ0v) is 8.74. The summed E-state index contributed by atoms with van der Waals surface area (Å²) in [6.45, 7) is 0.697. The van der Waals surface area contributed by atoms with Crippen LogP contribution in [0.25, 0.3) is 0 Å². The summed E-state index contributed by atoms with van der Waals surface area (Å²) in [5.74, 6) is -0.824. The zero-order chi connectivity index (χ0) is 10.8. The van der Waals surface area contributed by atoms with Gasteiger partial charge in [0.25, 0.3) is 0 Å². The highest BCUT2D eigenvalue weighted by atomic mass is 32.1. The van der Waals surface area contributed by atoms with Crippen LogP contribution in [0.15, 0.2) is 6.20 Å². The second kappa shape index (κ2) is 3.98. The number of hydrogen-bond acceptors (Lipinski definition) is 5. The highest BCUT2D eigenvalue weighted by Gasteiger charge is 2.32. The third-order valence-electron chi connectivity index (χ3n) is 2.41. The fourth-order valence-corrected chi connectivity index (χ4v) is 2.52. The van der Waals surface area contributed by atoms with Crippen LogP contribution in [0.3, 0.4) is 0 Å². The third-order valence-corrected chi connectivity index (χ3v) is 3.37. The molecule has 2 heterocycles. The average Bonchev–Trinajstić information content (AvgIpc) is 2.85. The zero-order valence-electron chi connectivity index (χ0n) is 7.92. The smallest absolute Gasteiger partial charge is 0.326 e. The predicted molar refractivity (Wildman–Crippen MR) is 55.5 cm³/mol. The molecule has 2 rings (SSSR count). The predicted octanol–water partition coefficient (Wildman–Crippen LogP) is 1.01. The van der Waals surface area contributed by atoms with Gasteiger partial charge in [0.2, 0.25) is 0 Å². The average molecular weight is 226 g/mol. The van der Waals surface area contributed by atoms with Gasteiger partial charge in [-0.3, -0.25) is 4.79 Å². The molecule has 1 saturated heterocycles. The first-order valence-corrected chi connectivity index (χ1v) is 5.44. The molecule has 0 aliphatic carbocycles. The lowest BCUT2D eigenvalue weighted by Crippen LogP contribution is -2.35.